The number of amides is 2. The van der Waals surface area contributed by atoms with Crippen molar-refractivity contribution in [2.45, 2.75) is 32.6 Å². The van der Waals surface area contributed by atoms with Gasteiger partial charge in [-0.05, 0) is 46.4 Å². The van der Waals surface area contributed by atoms with E-state index in [1.165, 1.54) is 11.1 Å². The van der Waals surface area contributed by atoms with E-state index in [0.29, 0.717) is 19.5 Å². The lowest BCUT2D eigenvalue weighted by Crippen LogP contribution is -2.36. The Bertz CT molecular complexity index is 1020. The van der Waals surface area contributed by atoms with Gasteiger partial charge in [0, 0.05) is 25.4 Å². The summed E-state index contributed by atoms with van der Waals surface area (Å²) in [5.74, 6) is -1.09. The molecule has 2 aromatic carbocycles. The van der Waals surface area contributed by atoms with Crippen molar-refractivity contribution >= 4 is 18.0 Å². The molecule has 4 rings (SSSR count). The van der Waals surface area contributed by atoms with Crippen LogP contribution in [0.15, 0.2) is 48.5 Å². The highest BCUT2D eigenvalue weighted by atomic mass is 16.5. The summed E-state index contributed by atoms with van der Waals surface area (Å²) < 4.78 is 5.59. The molecule has 3 N–H and O–H groups in total. The van der Waals surface area contributed by atoms with E-state index in [1.807, 2.05) is 38.1 Å². The van der Waals surface area contributed by atoms with Gasteiger partial charge in [-0.1, -0.05) is 62.4 Å². The first kappa shape index (κ1) is 23.8. The van der Waals surface area contributed by atoms with Crippen LogP contribution in [0.25, 0.3) is 11.1 Å². The van der Waals surface area contributed by atoms with Gasteiger partial charge in [-0.3, -0.25) is 9.59 Å². The van der Waals surface area contributed by atoms with Crippen molar-refractivity contribution in [2.24, 2.45) is 23.7 Å². The van der Waals surface area contributed by atoms with Crippen LogP contribution in [0.4, 0.5) is 4.79 Å². The summed E-state index contributed by atoms with van der Waals surface area (Å²) in [6.07, 6.45) is 0.397. The quantitative estimate of drug-likeness (QED) is 0.493. The molecular formula is C27H32N2O5. The van der Waals surface area contributed by atoms with Gasteiger partial charge in [-0.25, -0.2) is 4.79 Å². The number of carbonyl (C=O) groups is 3. The van der Waals surface area contributed by atoms with Crippen LogP contribution >= 0.6 is 0 Å². The van der Waals surface area contributed by atoms with Crippen LogP contribution in [-0.2, 0) is 14.3 Å². The molecule has 3 atom stereocenters. The van der Waals surface area contributed by atoms with E-state index in [4.69, 9.17) is 9.84 Å². The molecule has 0 spiro atoms. The van der Waals surface area contributed by atoms with Crippen LogP contribution < -0.4 is 10.6 Å². The maximum absolute atomic E-state index is 12.5. The number of rotatable bonds is 10. The molecule has 2 aliphatic rings. The van der Waals surface area contributed by atoms with Gasteiger partial charge in [0.05, 0.1) is 5.92 Å². The molecule has 0 heterocycles. The number of alkyl carbamates (subject to hydrolysis) is 1. The highest BCUT2D eigenvalue weighted by Gasteiger charge is 2.43. The van der Waals surface area contributed by atoms with Gasteiger partial charge in [-0.15, -0.1) is 0 Å². The van der Waals surface area contributed by atoms with Gasteiger partial charge < -0.3 is 20.5 Å². The van der Waals surface area contributed by atoms with Crippen LogP contribution in [0.1, 0.15) is 43.7 Å². The number of ether oxygens (including phenoxy) is 1. The predicted molar refractivity (Wildman–Crippen MR) is 128 cm³/mol. The lowest BCUT2D eigenvalue weighted by molar-refractivity contribution is -0.139. The summed E-state index contributed by atoms with van der Waals surface area (Å²) in [6, 6.07) is 16.4. The van der Waals surface area contributed by atoms with Crippen molar-refractivity contribution in [3.63, 3.8) is 0 Å². The zero-order valence-corrected chi connectivity index (χ0v) is 19.6. The monoisotopic (exact) mass is 464 g/mol. The molecule has 0 radical (unpaired) electrons. The summed E-state index contributed by atoms with van der Waals surface area (Å²) in [6.45, 7) is 5.00. The minimum absolute atomic E-state index is 0.00174. The fraction of sp³-hybridized carbons (Fsp3) is 0.444. The number of hydrogen-bond acceptors (Lipinski definition) is 4. The molecule has 0 aliphatic heterocycles. The van der Waals surface area contributed by atoms with Gasteiger partial charge in [0.2, 0.25) is 5.91 Å². The van der Waals surface area contributed by atoms with Crippen LogP contribution in [0.3, 0.4) is 0 Å². The Morgan fingerprint density at radius 2 is 1.62 bits per heavy atom. The largest absolute Gasteiger partial charge is 0.481 e. The number of fused-ring (bicyclic) bond motifs is 3. The van der Waals surface area contributed by atoms with E-state index < -0.39 is 12.1 Å². The van der Waals surface area contributed by atoms with Gasteiger partial charge in [0.25, 0.3) is 0 Å². The van der Waals surface area contributed by atoms with E-state index in [9.17, 15) is 14.4 Å². The summed E-state index contributed by atoms with van der Waals surface area (Å²) in [4.78, 5) is 35.7. The Labute approximate surface area is 199 Å². The van der Waals surface area contributed by atoms with Gasteiger partial charge in [-0.2, -0.15) is 0 Å². The molecule has 2 aliphatic carbocycles. The van der Waals surface area contributed by atoms with Crippen LogP contribution in [-0.4, -0.2) is 42.8 Å². The predicted octanol–water partition coefficient (Wildman–Crippen LogP) is 4.02. The van der Waals surface area contributed by atoms with Crippen molar-refractivity contribution in [1.82, 2.24) is 10.6 Å². The lowest BCUT2D eigenvalue weighted by atomic mass is 9.92. The summed E-state index contributed by atoms with van der Waals surface area (Å²) in [5.41, 5.74) is 4.68. The highest BCUT2D eigenvalue weighted by molar-refractivity contribution is 5.79. The Morgan fingerprint density at radius 1 is 1.00 bits per heavy atom. The van der Waals surface area contributed by atoms with E-state index in [2.05, 4.69) is 34.9 Å². The number of carboxylic acid groups (broad SMARTS) is 1. The molecule has 180 valence electrons. The lowest BCUT2D eigenvalue weighted by Gasteiger charge is -2.21. The first-order valence-electron chi connectivity index (χ1n) is 11.9. The van der Waals surface area contributed by atoms with Crippen LogP contribution in [0.5, 0.6) is 0 Å². The van der Waals surface area contributed by atoms with Crippen molar-refractivity contribution in [3.05, 3.63) is 59.7 Å². The van der Waals surface area contributed by atoms with E-state index >= 15 is 0 Å². The minimum Gasteiger partial charge on any atom is -0.481 e. The standard InChI is InChI=1S/C27H32N2O5/c1-16(2)17(12-25(30)28-14-18-11-23(18)26(31)32)13-29-27(33)34-15-24-21-9-5-3-7-19(21)20-8-4-6-10-22(20)24/h3-10,16-18,23-24H,11-15H2,1-2H3,(H,28,30)(H,29,33)(H,31,32)/t17?,18-,23-/m0/s1. The molecule has 1 fully saturated rings. The van der Waals surface area contributed by atoms with Crippen LogP contribution in [0.2, 0.25) is 0 Å². The first-order valence-corrected chi connectivity index (χ1v) is 11.9. The fourth-order valence-electron chi connectivity index (χ4n) is 4.74. The molecule has 0 aromatic heterocycles. The Balaban J connectivity index is 1.25. The van der Waals surface area contributed by atoms with Gasteiger partial charge >= 0.3 is 12.1 Å². The average Bonchev–Trinajstić information content (AvgIpc) is 3.54. The molecule has 7 heteroatoms. The summed E-state index contributed by atoms with van der Waals surface area (Å²) in [5, 5.41) is 14.6. The topological polar surface area (TPSA) is 105 Å². The Kier molecular flexibility index (Phi) is 7.20. The maximum Gasteiger partial charge on any atom is 0.407 e. The molecule has 7 nitrogen and oxygen atoms in total. The van der Waals surface area contributed by atoms with Gasteiger partial charge in [0.1, 0.15) is 6.61 Å². The Morgan fingerprint density at radius 3 is 2.18 bits per heavy atom. The molecule has 2 amide bonds. The van der Waals surface area contributed by atoms with E-state index in [1.54, 1.807) is 0 Å². The maximum atomic E-state index is 12.5. The Hall–Kier alpha value is -3.35. The number of nitrogens with one attached hydrogen (secondary N) is 2. The average molecular weight is 465 g/mol. The molecule has 0 bridgehead atoms. The zero-order chi connectivity index (χ0) is 24.2. The van der Waals surface area contributed by atoms with Crippen molar-refractivity contribution < 1.29 is 24.2 Å². The second-order valence-electron chi connectivity index (χ2n) is 9.66. The summed E-state index contributed by atoms with van der Waals surface area (Å²) in [7, 11) is 0. The number of benzene rings is 2. The van der Waals surface area contributed by atoms with E-state index in [-0.39, 0.29) is 48.5 Å². The third-order valence-corrected chi connectivity index (χ3v) is 7.04. The fourth-order valence-corrected chi connectivity index (χ4v) is 4.74. The highest BCUT2D eigenvalue weighted by Crippen LogP contribution is 2.44. The normalized spacial score (nSPS) is 19.1. The molecule has 0 saturated heterocycles. The summed E-state index contributed by atoms with van der Waals surface area (Å²) >= 11 is 0. The smallest absolute Gasteiger partial charge is 0.407 e. The van der Waals surface area contributed by atoms with Gasteiger partial charge in [0.15, 0.2) is 0 Å². The molecule has 34 heavy (non-hydrogen) atoms. The van der Waals surface area contributed by atoms with Crippen molar-refractivity contribution in [2.75, 3.05) is 19.7 Å². The minimum atomic E-state index is -0.799. The molecule has 1 unspecified atom stereocenters. The molecular weight excluding hydrogens is 432 g/mol. The van der Waals surface area contributed by atoms with E-state index in [0.717, 1.165) is 11.1 Å². The molecule has 1 saturated carbocycles. The number of carbonyl (C=O) groups excluding carboxylic acids is 2. The SMILES string of the molecule is CC(C)C(CNC(=O)OCC1c2ccccc2-c2ccccc21)CC(=O)NC[C@@H]1C[C@@H]1C(=O)O. The first-order chi connectivity index (χ1) is 16.3. The third-order valence-electron chi connectivity index (χ3n) is 7.04. The molecule has 2 aromatic rings. The zero-order valence-electron chi connectivity index (χ0n) is 19.6. The number of aliphatic carboxylic acids is 1. The number of hydrogen-bond donors (Lipinski definition) is 3. The third kappa shape index (κ3) is 5.41. The second kappa shape index (κ2) is 10.3. The van der Waals surface area contributed by atoms with Crippen molar-refractivity contribution in [1.29, 1.82) is 0 Å². The van der Waals surface area contributed by atoms with Crippen molar-refractivity contribution in [3.8, 4) is 11.1 Å². The van der Waals surface area contributed by atoms with Crippen LogP contribution in [0, 0.1) is 23.7 Å². The number of carboxylic acids is 1. The second-order valence-corrected chi connectivity index (χ2v) is 9.66.